The lowest BCUT2D eigenvalue weighted by molar-refractivity contribution is -0.123. The van der Waals surface area contributed by atoms with Crippen molar-refractivity contribution in [1.82, 2.24) is 5.32 Å². The van der Waals surface area contributed by atoms with E-state index in [0.717, 1.165) is 32.4 Å². The van der Waals surface area contributed by atoms with E-state index in [1.165, 1.54) is 24.8 Å². The number of carbonyl (C=O) groups excluding carboxylic acids is 1. The molecule has 1 saturated carbocycles. The first-order valence-corrected chi connectivity index (χ1v) is 7.77. The lowest BCUT2D eigenvalue weighted by Crippen LogP contribution is -2.25. The smallest absolute Gasteiger partial charge is 0.137 e. The lowest BCUT2D eigenvalue weighted by atomic mass is 9.85. The van der Waals surface area contributed by atoms with E-state index in [1.54, 1.807) is 12.1 Å². The van der Waals surface area contributed by atoms with Crippen LogP contribution in [0, 0.1) is 5.92 Å². The summed E-state index contributed by atoms with van der Waals surface area (Å²) in [7, 11) is 0. The third-order valence-corrected chi connectivity index (χ3v) is 4.14. The van der Waals surface area contributed by atoms with E-state index in [2.05, 4.69) is 5.32 Å². The molecule has 110 valence electrons. The van der Waals surface area contributed by atoms with E-state index in [4.69, 9.17) is 0 Å². The molecule has 20 heavy (non-hydrogen) atoms. The second-order valence-electron chi connectivity index (χ2n) is 5.72. The average molecular weight is 275 g/mol. The van der Waals surface area contributed by atoms with Gasteiger partial charge in [0.1, 0.15) is 11.5 Å². The van der Waals surface area contributed by atoms with E-state index in [0.29, 0.717) is 23.9 Å². The highest BCUT2D eigenvalue weighted by Gasteiger charge is 2.19. The average Bonchev–Trinajstić information content (AvgIpc) is 2.49. The molecular weight excluding hydrogens is 250 g/mol. The number of hydrogen-bond acceptors (Lipinski definition) is 3. The van der Waals surface area contributed by atoms with Crippen LogP contribution in [0.4, 0.5) is 0 Å². The van der Waals surface area contributed by atoms with Crippen molar-refractivity contribution in [3.05, 3.63) is 29.8 Å². The highest BCUT2D eigenvalue weighted by atomic mass is 16.3. The zero-order chi connectivity index (χ0) is 14.2. The van der Waals surface area contributed by atoms with Crippen LogP contribution in [0.3, 0.4) is 0 Å². The Bertz CT molecular complexity index is 408. The molecule has 0 unspecified atom stereocenters. The van der Waals surface area contributed by atoms with Gasteiger partial charge in [-0.1, -0.05) is 31.4 Å². The van der Waals surface area contributed by atoms with Crippen molar-refractivity contribution in [2.24, 2.45) is 5.92 Å². The van der Waals surface area contributed by atoms with Crippen LogP contribution in [0.25, 0.3) is 0 Å². The van der Waals surface area contributed by atoms with Crippen molar-refractivity contribution < 1.29 is 9.90 Å². The van der Waals surface area contributed by atoms with Gasteiger partial charge < -0.3 is 10.4 Å². The maximum Gasteiger partial charge on any atom is 0.137 e. The number of benzene rings is 1. The van der Waals surface area contributed by atoms with Gasteiger partial charge in [0.15, 0.2) is 0 Å². The van der Waals surface area contributed by atoms with Gasteiger partial charge in [0.05, 0.1) is 0 Å². The molecule has 1 aliphatic rings. The number of ketones is 1. The summed E-state index contributed by atoms with van der Waals surface area (Å²) in [6, 6.07) is 7.29. The summed E-state index contributed by atoms with van der Waals surface area (Å²) < 4.78 is 0. The highest BCUT2D eigenvalue weighted by Crippen LogP contribution is 2.24. The zero-order valence-corrected chi connectivity index (χ0v) is 12.1. The van der Waals surface area contributed by atoms with Crippen LogP contribution in [0.1, 0.15) is 44.1 Å². The van der Waals surface area contributed by atoms with E-state index < -0.39 is 0 Å². The van der Waals surface area contributed by atoms with Gasteiger partial charge in [-0.05, 0) is 43.5 Å². The first-order chi connectivity index (χ1) is 9.75. The number of rotatable bonds is 7. The van der Waals surface area contributed by atoms with Crippen LogP contribution in [-0.2, 0) is 11.2 Å². The summed E-state index contributed by atoms with van der Waals surface area (Å²) in [4.78, 5) is 12.0. The van der Waals surface area contributed by atoms with E-state index in [-0.39, 0.29) is 0 Å². The number of carbonyl (C=O) groups is 1. The van der Waals surface area contributed by atoms with E-state index >= 15 is 0 Å². The summed E-state index contributed by atoms with van der Waals surface area (Å²) in [6.45, 7) is 1.66. The SMILES string of the molecule is O=C(CCNCCc1ccc(O)cc1)C1CCCCC1. The van der Waals surface area contributed by atoms with Crippen LogP contribution < -0.4 is 5.32 Å². The third-order valence-electron chi connectivity index (χ3n) is 4.14. The number of nitrogens with one attached hydrogen (secondary N) is 1. The van der Waals surface area contributed by atoms with Gasteiger partial charge in [-0.2, -0.15) is 0 Å². The van der Waals surface area contributed by atoms with Crippen molar-refractivity contribution >= 4 is 5.78 Å². The summed E-state index contributed by atoms with van der Waals surface area (Å²) >= 11 is 0. The molecule has 0 aliphatic heterocycles. The van der Waals surface area contributed by atoms with Crippen molar-refractivity contribution in [1.29, 1.82) is 0 Å². The topological polar surface area (TPSA) is 49.3 Å². The Kier molecular flexibility index (Phi) is 6.06. The molecule has 1 aromatic rings. The lowest BCUT2D eigenvalue weighted by Gasteiger charge is -2.20. The predicted octanol–water partition coefficient (Wildman–Crippen LogP) is 3.06. The molecule has 0 aromatic heterocycles. The minimum atomic E-state index is 0.305. The molecule has 0 atom stereocenters. The normalized spacial score (nSPS) is 16.2. The fourth-order valence-corrected chi connectivity index (χ4v) is 2.86. The molecule has 0 radical (unpaired) electrons. The molecule has 1 fully saturated rings. The Hall–Kier alpha value is -1.35. The Morgan fingerprint density at radius 1 is 1.10 bits per heavy atom. The third kappa shape index (κ3) is 4.97. The maximum absolute atomic E-state index is 12.0. The molecule has 1 aromatic carbocycles. The fourth-order valence-electron chi connectivity index (χ4n) is 2.86. The van der Waals surface area contributed by atoms with Crippen LogP contribution in [0.2, 0.25) is 0 Å². The summed E-state index contributed by atoms with van der Waals surface area (Å²) in [5.74, 6) is 1.09. The molecule has 3 heteroatoms. The number of aromatic hydroxyl groups is 1. The monoisotopic (exact) mass is 275 g/mol. The van der Waals surface area contributed by atoms with Crippen molar-refractivity contribution in [3.63, 3.8) is 0 Å². The maximum atomic E-state index is 12.0. The molecule has 3 nitrogen and oxygen atoms in total. The largest absolute Gasteiger partial charge is 0.508 e. The van der Waals surface area contributed by atoms with Crippen molar-refractivity contribution in [2.75, 3.05) is 13.1 Å². The van der Waals surface area contributed by atoms with E-state index in [1.807, 2.05) is 12.1 Å². The van der Waals surface area contributed by atoms with Crippen molar-refractivity contribution in [3.8, 4) is 5.75 Å². The van der Waals surface area contributed by atoms with Gasteiger partial charge in [0.25, 0.3) is 0 Å². The summed E-state index contributed by atoms with van der Waals surface area (Å²) in [5, 5.41) is 12.5. The molecular formula is C17H25NO2. The minimum Gasteiger partial charge on any atom is -0.508 e. The van der Waals surface area contributed by atoms with Gasteiger partial charge in [-0.15, -0.1) is 0 Å². The number of hydrogen-bond donors (Lipinski definition) is 2. The fraction of sp³-hybridized carbons (Fsp3) is 0.588. The molecule has 0 spiro atoms. The second-order valence-corrected chi connectivity index (χ2v) is 5.72. The van der Waals surface area contributed by atoms with E-state index in [9.17, 15) is 9.90 Å². The van der Waals surface area contributed by atoms with Gasteiger partial charge in [0.2, 0.25) is 0 Å². The highest BCUT2D eigenvalue weighted by molar-refractivity contribution is 5.81. The summed E-state index contributed by atoms with van der Waals surface area (Å²) in [5.41, 5.74) is 1.20. The standard InChI is InChI=1S/C17H25NO2/c19-16-8-6-14(7-9-16)10-12-18-13-11-17(20)15-4-2-1-3-5-15/h6-9,15,18-19H,1-5,10-13H2. The van der Waals surface area contributed by atoms with Gasteiger partial charge >= 0.3 is 0 Å². The van der Waals surface area contributed by atoms with Gasteiger partial charge in [-0.25, -0.2) is 0 Å². The van der Waals surface area contributed by atoms with Gasteiger partial charge in [-0.3, -0.25) is 4.79 Å². The van der Waals surface area contributed by atoms with Crippen LogP contribution in [0.5, 0.6) is 5.75 Å². The Morgan fingerprint density at radius 2 is 1.80 bits per heavy atom. The molecule has 2 rings (SSSR count). The zero-order valence-electron chi connectivity index (χ0n) is 12.1. The predicted molar refractivity (Wildman–Crippen MR) is 80.9 cm³/mol. The molecule has 0 bridgehead atoms. The van der Waals surface area contributed by atoms with Crippen LogP contribution >= 0.6 is 0 Å². The van der Waals surface area contributed by atoms with Gasteiger partial charge in [0, 0.05) is 18.9 Å². The quantitative estimate of drug-likeness (QED) is 0.752. The number of Topliss-reactive ketones (excluding diaryl/α,β-unsaturated/α-hetero) is 1. The Balaban J connectivity index is 1.57. The first-order valence-electron chi connectivity index (χ1n) is 7.77. The molecule has 0 saturated heterocycles. The van der Waals surface area contributed by atoms with Crippen LogP contribution in [-0.4, -0.2) is 24.0 Å². The number of phenols is 1. The molecule has 0 heterocycles. The molecule has 1 aliphatic carbocycles. The van der Waals surface area contributed by atoms with Crippen molar-refractivity contribution in [2.45, 2.75) is 44.9 Å². The Labute approximate surface area is 121 Å². The molecule has 2 N–H and O–H groups in total. The Morgan fingerprint density at radius 3 is 2.50 bits per heavy atom. The minimum absolute atomic E-state index is 0.305. The molecule has 0 amide bonds. The second kappa shape index (κ2) is 8.05. The summed E-state index contributed by atoms with van der Waals surface area (Å²) in [6.07, 6.45) is 7.56. The first kappa shape index (κ1) is 15.0. The number of phenolic OH excluding ortho intramolecular Hbond substituents is 1. The van der Waals surface area contributed by atoms with Crippen LogP contribution in [0.15, 0.2) is 24.3 Å².